The van der Waals surface area contributed by atoms with E-state index in [9.17, 15) is 0 Å². The summed E-state index contributed by atoms with van der Waals surface area (Å²) in [6, 6.07) is 8.28. The average molecular weight is 200 g/mol. The van der Waals surface area contributed by atoms with Gasteiger partial charge in [-0.05, 0) is 5.56 Å². The topological polar surface area (TPSA) is 24.7 Å². The van der Waals surface area contributed by atoms with Crippen LogP contribution in [0.1, 0.15) is 11.1 Å². The van der Waals surface area contributed by atoms with E-state index in [0.717, 1.165) is 16.4 Å². The monoisotopic (exact) mass is 200 g/mol. The maximum absolute atomic E-state index is 4.18. The molecule has 0 amide bonds. The fourth-order valence-corrected chi connectivity index (χ4v) is 2.54. The van der Waals surface area contributed by atoms with E-state index in [1.165, 1.54) is 11.1 Å². The van der Waals surface area contributed by atoms with Crippen molar-refractivity contribution in [3.8, 4) is 0 Å². The van der Waals surface area contributed by atoms with Crippen molar-refractivity contribution in [3.05, 3.63) is 41.5 Å². The molecule has 2 aliphatic heterocycles. The van der Waals surface area contributed by atoms with E-state index in [-0.39, 0.29) is 0 Å². The highest BCUT2D eigenvalue weighted by molar-refractivity contribution is 8.15. The first-order chi connectivity index (χ1) is 6.95. The molecule has 0 radical (unpaired) electrons. The zero-order valence-electron chi connectivity index (χ0n) is 7.47. The van der Waals surface area contributed by atoms with Gasteiger partial charge in [-0.15, -0.1) is 5.10 Å². The number of hydrogen-bond acceptors (Lipinski definition) is 3. The highest BCUT2D eigenvalue weighted by Gasteiger charge is 2.19. The molecule has 68 valence electrons. The standard InChI is InChI=1S/C11H8N2S/c1-2-4-9-8(3-1)7-12-13-11-10(9)5-6-14-11/h1-5,7H,6H2. The molecule has 2 heterocycles. The van der Waals surface area contributed by atoms with Gasteiger partial charge in [0.15, 0.2) is 0 Å². The van der Waals surface area contributed by atoms with Gasteiger partial charge < -0.3 is 0 Å². The van der Waals surface area contributed by atoms with Gasteiger partial charge in [0.05, 0.1) is 6.21 Å². The van der Waals surface area contributed by atoms with Crippen molar-refractivity contribution in [2.75, 3.05) is 5.75 Å². The van der Waals surface area contributed by atoms with Crippen LogP contribution in [0.25, 0.3) is 5.57 Å². The Labute approximate surface area is 86.4 Å². The van der Waals surface area contributed by atoms with Gasteiger partial charge in [0, 0.05) is 16.9 Å². The van der Waals surface area contributed by atoms with Crippen LogP contribution in [-0.2, 0) is 0 Å². The Morgan fingerprint density at radius 3 is 3.14 bits per heavy atom. The van der Waals surface area contributed by atoms with Gasteiger partial charge in [-0.25, -0.2) is 0 Å². The van der Waals surface area contributed by atoms with Gasteiger partial charge >= 0.3 is 0 Å². The SMILES string of the molecule is C1=NN=C2SCC=C2c2ccccc21. The van der Waals surface area contributed by atoms with Crippen molar-refractivity contribution < 1.29 is 0 Å². The molecule has 0 bridgehead atoms. The first-order valence-corrected chi connectivity index (χ1v) is 5.47. The molecule has 0 saturated carbocycles. The largest absolute Gasteiger partial charge is 0.157 e. The lowest BCUT2D eigenvalue weighted by Gasteiger charge is -2.03. The Balaban J connectivity index is 2.26. The number of benzene rings is 1. The molecule has 1 aromatic carbocycles. The molecule has 2 nitrogen and oxygen atoms in total. The van der Waals surface area contributed by atoms with Crippen molar-refractivity contribution in [1.29, 1.82) is 0 Å². The minimum absolute atomic E-state index is 1.01. The second-order valence-corrected chi connectivity index (χ2v) is 4.17. The zero-order valence-corrected chi connectivity index (χ0v) is 8.29. The Kier molecular flexibility index (Phi) is 1.77. The third kappa shape index (κ3) is 1.13. The summed E-state index contributed by atoms with van der Waals surface area (Å²) in [6.45, 7) is 0. The highest BCUT2D eigenvalue weighted by Crippen LogP contribution is 2.32. The summed E-state index contributed by atoms with van der Waals surface area (Å²) in [6.07, 6.45) is 4.04. The summed E-state index contributed by atoms with van der Waals surface area (Å²) in [5.41, 5.74) is 3.64. The smallest absolute Gasteiger partial charge is 0.127 e. The van der Waals surface area contributed by atoms with Crippen LogP contribution in [0.2, 0.25) is 0 Å². The van der Waals surface area contributed by atoms with Crippen LogP contribution < -0.4 is 0 Å². The Morgan fingerprint density at radius 1 is 1.21 bits per heavy atom. The molecule has 3 heteroatoms. The van der Waals surface area contributed by atoms with Crippen molar-refractivity contribution in [2.24, 2.45) is 10.2 Å². The van der Waals surface area contributed by atoms with E-state index >= 15 is 0 Å². The normalized spacial score (nSPS) is 18.0. The van der Waals surface area contributed by atoms with Crippen molar-refractivity contribution in [3.63, 3.8) is 0 Å². The number of thioether (sulfide) groups is 1. The quantitative estimate of drug-likeness (QED) is 0.631. The van der Waals surface area contributed by atoms with Crippen LogP contribution in [-0.4, -0.2) is 17.0 Å². The van der Waals surface area contributed by atoms with Crippen LogP contribution >= 0.6 is 11.8 Å². The Bertz CT molecular complexity index is 472. The third-order valence-electron chi connectivity index (χ3n) is 2.33. The molecule has 1 aromatic rings. The van der Waals surface area contributed by atoms with Crippen molar-refractivity contribution in [2.45, 2.75) is 0 Å². The first-order valence-electron chi connectivity index (χ1n) is 4.49. The molecule has 0 saturated heterocycles. The molecule has 0 aromatic heterocycles. The number of hydrogen-bond donors (Lipinski definition) is 0. The van der Waals surface area contributed by atoms with E-state index in [4.69, 9.17) is 0 Å². The van der Waals surface area contributed by atoms with E-state index < -0.39 is 0 Å². The molecule has 0 atom stereocenters. The maximum atomic E-state index is 4.18. The third-order valence-corrected chi connectivity index (χ3v) is 3.24. The van der Waals surface area contributed by atoms with Crippen LogP contribution in [0.3, 0.4) is 0 Å². The molecule has 0 spiro atoms. The molecule has 14 heavy (non-hydrogen) atoms. The molecular formula is C11H8N2S. The van der Waals surface area contributed by atoms with Gasteiger partial charge in [-0.1, -0.05) is 42.1 Å². The summed E-state index contributed by atoms with van der Waals surface area (Å²) in [5, 5.41) is 9.28. The molecule has 2 aliphatic rings. The minimum Gasteiger partial charge on any atom is -0.157 e. The Hall–Kier alpha value is -1.35. The van der Waals surface area contributed by atoms with Crippen LogP contribution in [0, 0.1) is 0 Å². The van der Waals surface area contributed by atoms with Gasteiger partial charge in [-0.3, -0.25) is 0 Å². The fourth-order valence-electron chi connectivity index (χ4n) is 1.68. The summed E-state index contributed by atoms with van der Waals surface area (Å²) < 4.78 is 0. The zero-order chi connectivity index (χ0) is 9.38. The fraction of sp³-hybridized carbons (Fsp3) is 0.0909. The summed E-state index contributed by atoms with van der Waals surface area (Å²) >= 11 is 1.75. The van der Waals surface area contributed by atoms with Crippen molar-refractivity contribution in [1.82, 2.24) is 0 Å². The first kappa shape index (κ1) is 8.00. The van der Waals surface area contributed by atoms with Gasteiger partial charge in [0.2, 0.25) is 0 Å². The predicted octanol–water partition coefficient (Wildman–Crippen LogP) is 2.56. The average Bonchev–Trinajstić information content (AvgIpc) is 2.61. The second kappa shape index (κ2) is 3.10. The van der Waals surface area contributed by atoms with E-state index in [1.54, 1.807) is 11.8 Å². The number of rotatable bonds is 0. The minimum atomic E-state index is 1.01. The lowest BCUT2D eigenvalue weighted by Crippen LogP contribution is -1.93. The van der Waals surface area contributed by atoms with E-state index in [1.807, 2.05) is 12.3 Å². The Morgan fingerprint density at radius 2 is 2.14 bits per heavy atom. The van der Waals surface area contributed by atoms with Crippen LogP contribution in [0.5, 0.6) is 0 Å². The molecular weight excluding hydrogens is 192 g/mol. The lowest BCUT2D eigenvalue weighted by molar-refractivity contribution is 1.27. The maximum Gasteiger partial charge on any atom is 0.127 e. The van der Waals surface area contributed by atoms with Gasteiger partial charge in [-0.2, -0.15) is 5.10 Å². The summed E-state index contributed by atoms with van der Waals surface area (Å²) in [7, 11) is 0. The van der Waals surface area contributed by atoms with E-state index in [0.29, 0.717) is 0 Å². The predicted molar refractivity (Wildman–Crippen MR) is 61.9 cm³/mol. The van der Waals surface area contributed by atoms with Crippen LogP contribution in [0.15, 0.2) is 40.5 Å². The summed E-state index contributed by atoms with van der Waals surface area (Å²) in [4.78, 5) is 0. The summed E-state index contributed by atoms with van der Waals surface area (Å²) in [5.74, 6) is 1.01. The van der Waals surface area contributed by atoms with Gasteiger partial charge in [0.1, 0.15) is 5.04 Å². The van der Waals surface area contributed by atoms with E-state index in [2.05, 4.69) is 34.5 Å². The second-order valence-electron chi connectivity index (χ2n) is 3.17. The lowest BCUT2D eigenvalue weighted by atomic mass is 10.0. The molecule has 0 fully saturated rings. The van der Waals surface area contributed by atoms with Crippen molar-refractivity contribution >= 4 is 28.6 Å². The molecule has 0 aliphatic carbocycles. The molecule has 0 N–H and O–H groups in total. The molecule has 3 rings (SSSR count). The molecule has 0 unspecified atom stereocenters. The van der Waals surface area contributed by atoms with Crippen LogP contribution in [0.4, 0.5) is 0 Å². The number of fused-ring (bicyclic) bond motifs is 3. The highest BCUT2D eigenvalue weighted by atomic mass is 32.2. The number of nitrogens with zero attached hydrogens (tertiary/aromatic N) is 2. The van der Waals surface area contributed by atoms with Gasteiger partial charge in [0.25, 0.3) is 0 Å².